The van der Waals surface area contributed by atoms with E-state index in [0.717, 1.165) is 11.3 Å². The molecule has 138 valence electrons. The van der Waals surface area contributed by atoms with Crippen molar-refractivity contribution in [3.63, 3.8) is 0 Å². The van der Waals surface area contributed by atoms with E-state index in [1.165, 1.54) is 0 Å². The number of ether oxygens (including phenoxy) is 1. The Morgan fingerprint density at radius 1 is 0.708 bits per heavy atom. The lowest BCUT2D eigenvalue weighted by atomic mass is 10.2. The zero-order valence-corrected chi connectivity index (χ0v) is 17.0. The van der Waals surface area contributed by atoms with Gasteiger partial charge in [-0.05, 0) is 55.0 Å². The molecule has 0 unspecified atom stereocenters. The van der Waals surface area contributed by atoms with E-state index in [2.05, 4.69) is 0 Å². The summed E-state index contributed by atoms with van der Waals surface area (Å²) in [7, 11) is 0. The van der Waals surface area contributed by atoms with Crippen LogP contribution in [0.1, 0.15) is 61.0 Å². The molecule has 0 aliphatic rings. The van der Waals surface area contributed by atoms with E-state index in [0.29, 0.717) is 11.4 Å². The summed E-state index contributed by atoms with van der Waals surface area (Å²) in [5, 5.41) is 9.37. The van der Waals surface area contributed by atoms with E-state index in [1.54, 1.807) is 42.5 Å². The number of benzene rings is 2. The van der Waals surface area contributed by atoms with Crippen molar-refractivity contribution in [1.29, 1.82) is 0 Å². The van der Waals surface area contributed by atoms with Crippen molar-refractivity contribution in [2.75, 3.05) is 5.73 Å². The summed E-state index contributed by atoms with van der Waals surface area (Å²) in [6, 6.07) is 12.3. The normalized spacial score (nSPS) is 7.71. The average molecular weight is 336 g/mol. The third-order valence-corrected chi connectivity index (χ3v) is 2.28. The largest absolute Gasteiger partial charge is 0.508 e. The number of phenolic OH excluding ortho intramolecular Hbond substituents is 1. The van der Waals surface area contributed by atoms with E-state index < -0.39 is 0 Å². The van der Waals surface area contributed by atoms with Crippen LogP contribution in [0.15, 0.2) is 42.5 Å². The highest BCUT2D eigenvalue weighted by atomic mass is 16.5. The van der Waals surface area contributed by atoms with Gasteiger partial charge in [0.25, 0.3) is 0 Å². The van der Waals surface area contributed by atoms with Gasteiger partial charge in [-0.3, -0.25) is 0 Å². The summed E-state index contributed by atoms with van der Waals surface area (Å²) in [5.41, 5.74) is 7.06. The molecule has 0 bridgehead atoms. The Morgan fingerprint density at radius 2 is 1.12 bits per heavy atom. The number of hydrogen-bond acceptors (Lipinski definition) is 3. The quantitative estimate of drug-likeness (QED) is 0.571. The second kappa shape index (κ2) is 18.9. The average Bonchev–Trinajstić information content (AvgIpc) is 2.67. The SMILES string of the molecule is CC.CC.CC.CC.Cc1cc(Oc2ccc(N)cc2)ccc1O. The maximum atomic E-state index is 9.37. The summed E-state index contributed by atoms with van der Waals surface area (Å²) in [4.78, 5) is 0. The van der Waals surface area contributed by atoms with Crippen LogP contribution < -0.4 is 10.5 Å². The Kier molecular flexibility index (Phi) is 21.0. The van der Waals surface area contributed by atoms with Crippen LogP contribution in [0, 0.1) is 6.92 Å². The van der Waals surface area contributed by atoms with Crippen LogP contribution in [0.4, 0.5) is 5.69 Å². The summed E-state index contributed by atoms with van der Waals surface area (Å²) in [5.74, 6) is 1.68. The molecule has 3 N–H and O–H groups in total. The van der Waals surface area contributed by atoms with E-state index in [9.17, 15) is 5.11 Å². The minimum atomic E-state index is 0.268. The molecule has 2 aromatic carbocycles. The monoisotopic (exact) mass is 335 g/mol. The number of aromatic hydroxyl groups is 1. The molecule has 0 saturated carbocycles. The first-order chi connectivity index (χ1) is 11.6. The highest BCUT2D eigenvalue weighted by molar-refractivity contribution is 5.44. The zero-order chi connectivity index (χ0) is 19.5. The van der Waals surface area contributed by atoms with Gasteiger partial charge in [-0.1, -0.05) is 55.4 Å². The van der Waals surface area contributed by atoms with Crippen LogP contribution in [0.2, 0.25) is 0 Å². The minimum Gasteiger partial charge on any atom is -0.508 e. The Morgan fingerprint density at radius 3 is 1.54 bits per heavy atom. The first-order valence-corrected chi connectivity index (χ1v) is 8.98. The molecule has 0 fully saturated rings. The smallest absolute Gasteiger partial charge is 0.127 e. The Balaban J connectivity index is -0.000000484. The number of rotatable bonds is 2. The van der Waals surface area contributed by atoms with Gasteiger partial charge < -0.3 is 15.6 Å². The van der Waals surface area contributed by atoms with Crippen molar-refractivity contribution in [2.45, 2.75) is 62.3 Å². The number of nitrogens with two attached hydrogens (primary N) is 1. The molecule has 0 radical (unpaired) electrons. The van der Waals surface area contributed by atoms with Crippen molar-refractivity contribution < 1.29 is 9.84 Å². The van der Waals surface area contributed by atoms with Gasteiger partial charge in [0.2, 0.25) is 0 Å². The van der Waals surface area contributed by atoms with Gasteiger partial charge in [-0.25, -0.2) is 0 Å². The van der Waals surface area contributed by atoms with Gasteiger partial charge in [0.15, 0.2) is 0 Å². The number of phenols is 1. The number of anilines is 1. The van der Waals surface area contributed by atoms with Gasteiger partial charge in [0.1, 0.15) is 17.2 Å². The lowest BCUT2D eigenvalue weighted by molar-refractivity contribution is 0.460. The third kappa shape index (κ3) is 11.4. The van der Waals surface area contributed by atoms with Crippen molar-refractivity contribution in [3.8, 4) is 17.2 Å². The second-order valence-corrected chi connectivity index (χ2v) is 3.62. The molecular formula is C21H37NO2. The second-order valence-electron chi connectivity index (χ2n) is 3.62. The van der Waals surface area contributed by atoms with E-state index >= 15 is 0 Å². The molecule has 2 aromatic rings. The summed E-state index contributed by atoms with van der Waals surface area (Å²) in [6.07, 6.45) is 0. The maximum Gasteiger partial charge on any atom is 0.127 e. The van der Waals surface area contributed by atoms with Crippen molar-refractivity contribution >= 4 is 5.69 Å². The molecule has 0 aliphatic heterocycles. The first-order valence-electron chi connectivity index (χ1n) is 8.98. The van der Waals surface area contributed by atoms with Crippen molar-refractivity contribution in [1.82, 2.24) is 0 Å². The molecule has 24 heavy (non-hydrogen) atoms. The van der Waals surface area contributed by atoms with Gasteiger partial charge in [-0.2, -0.15) is 0 Å². The summed E-state index contributed by atoms with van der Waals surface area (Å²) < 4.78 is 5.60. The maximum absolute atomic E-state index is 9.37. The molecular weight excluding hydrogens is 298 g/mol. The van der Waals surface area contributed by atoms with Gasteiger partial charge in [0, 0.05) is 5.69 Å². The molecule has 0 spiro atoms. The predicted octanol–water partition coefficient (Wildman–Crippen LogP) is 7.18. The third-order valence-electron chi connectivity index (χ3n) is 2.28. The number of hydrogen-bond donors (Lipinski definition) is 2. The molecule has 0 atom stereocenters. The fraction of sp³-hybridized carbons (Fsp3) is 0.429. The molecule has 3 heteroatoms. The Labute approximate surface area is 149 Å². The highest BCUT2D eigenvalue weighted by Gasteiger charge is 2.00. The molecule has 3 nitrogen and oxygen atoms in total. The van der Waals surface area contributed by atoms with E-state index in [4.69, 9.17) is 10.5 Å². The predicted molar refractivity (Wildman–Crippen MR) is 109 cm³/mol. The minimum absolute atomic E-state index is 0.268. The summed E-state index contributed by atoms with van der Waals surface area (Å²) in [6.45, 7) is 17.8. The van der Waals surface area contributed by atoms with Crippen LogP contribution in [-0.2, 0) is 0 Å². The molecule has 0 saturated heterocycles. The number of nitrogen functional groups attached to an aromatic ring is 1. The lowest BCUT2D eigenvalue weighted by Gasteiger charge is -2.07. The Bertz CT molecular complexity index is 494. The lowest BCUT2D eigenvalue weighted by Crippen LogP contribution is -1.87. The highest BCUT2D eigenvalue weighted by Crippen LogP contribution is 2.26. The van der Waals surface area contributed by atoms with Gasteiger partial charge in [-0.15, -0.1) is 0 Å². The fourth-order valence-corrected chi connectivity index (χ4v) is 1.36. The molecule has 0 aromatic heterocycles. The van der Waals surface area contributed by atoms with E-state index in [-0.39, 0.29) is 5.75 Å². The fourth-order valence-electron chi connectivity index (χ4n) is 1.36. The zero-order valence-electron chi connectivity index (χ0n) is 17.0. The van der Waals surface area contributed by atoms with Crippen LogP contribution in [-0.4, -0.2) is 5.11 Å². The standard InChI is InChI=1S/C13H13NO2.4C2H6/c1-9-8-12(6-7-13(9)15)16-11-4-2-10(14)3-5-11;4*1-2/h2-8,15H,14H2,1H3;4*1-2H3. The molecule has 0 heterocycles. The van der Waals surface area contributed by atoms with Gasteiger partial charge >= 0.3 is 0 Å². The van der Waals surface area contributed by atoms with Crippen LogP contribution in [0.25, 0.3) is 0 Å². The topological polar surface area (TPSA) is 55.5 Å². The van der Waals surface area contributed by atoms with Crippen LogP contribution in [0.3, 0.4) is 0 Å². The van der Waals surface area contributed by atoms with E-state index in [1.807, 2.05) is 62.3 Å². The van der Waals surface area contributed by atoms with Crippen LogP contribution >= 0.6 is 0 Å². The molecule has 2 rings (SSSR count). The van der Waals surface area contributed by atoms with Crippen molar-refractivity contribution in [3.05, 3.63) is 48.0 Å². The first kappa shape index (κ1) is 26.7. The van der Waals surface area contributed by atoms with Crippen molar-refractivity contribution in [2.24, 2.45) is 0 Å². The molecule has 0 aliphatic carbocycles. The summed E-state index contributed by atoms with van der Waals surface area (Å²) >= 11 is 0. The Hall–Kier alpha value is -2.16. The van der Waals surface area contributed by atoms with Gasteiger partial charge in [0.05, 0.1) is 0 Å². The molecule has 0 amide bonds. The van der Waals surface area contributed by atoms with Crippen LogP contribution in [0.5, 0.6) is 17.2 Å². The number of aryl methyl sites for hydroxylation is 1.